The van der Waals surface area contributed by atoms with Crippen LogP contribution in [0.3, 0.4) is 0 Å². The van der Waals surface area contributed by atoms with Crippen LogP contribution >= 0.6 is 11.6 Å². The molecule has 0 bridgehead atoms. The van der Waals surface area contributed by atoms with E-state index in [9.17, 15) is 13.2 Å². The van der Waals surface area contributed by atoms with Gasteiger partial charge >= 0.3 is 0 Å². The quantitative estimate of drug-likeness (QED) is 0.802. The largest absolute Gasteiger partial charge is 0.496 e. The van der Waals surface area contributed by atoms with Gasteiger partial charge in [-0.05, 0) is 18.2 Å². The van der Waals surface area contributed by atoms with Crippen molar-refractivity contribution in [2.24, 2.45) is 0 Å². The Morgan fingerprint density at radius 3 is 2.62 bits per heavy atom. The van der Waals surface area contributed by atoms with Crippen molar-refractivity contribution in [2.75, 3.05) is 44.8 Å². The molecular weight excluding hydrogens is 352 g/mol. The first kappa shape index (κ1) is 17.5. The van der Waals surface area contributed by atoms with Gasteiger partial charge in [-0.3, -0.25) is 4.79 Å². The highest BCUT2D eigenvalue weighted by Gasteiger charge is 2.37. The van der Waals surface area contributed by atoms with Gasteiger partial charge < -0.3 is 14.5 Å². The van der Waals surface area contributed by atoms with Gasteiger partial charge in [0.1, 0.15) is 17.5 Å². The summed E-state index contributed by atoms with van der Waals surface area (Å²) in [7, 11) is -1.33. The van der Waals surface area contributed by atoms with E-state index in [0.717, 1.165) is 19.5 Å². The maximum Gasteiger partial charge on any atom is 0.258 e. The molecule has 0 unspecified atom stereocenters. The Bertz CT molecular complexity index is 730. The molecule has 3 rings (SSSR count). The predicted molar refractivity (Wildman–Crippen MR) is 91.7 cm³/mol. The highest BCUT2D eigenvalue weighted by atomic mass is 35.5. The third-order valence-electron chi connectivity index (χ3n) is 4.89. The lowest BCUT2D eigenvalue weighted by Gasteiger charge is -2.35. The first-order chi connectivity index (χ1) is 11.4. The lowest BCUT2D eigenvalue weighted by molar-refractivity contribution is -0.925. The fraction of sp³-hybridized carbons (Fsp3) is 0.562. The third-order valence-corrected chi connectivity index (χ3v) is 6.90. The Balaban J connectivity index is 1.65. The number of hydrogen-bond donors (Lipinski definition) is 1. The van der Waals surface area contributed by atoms with Gasteiger partial charge in [0.05, 0.1) is 44.6 Å². The van der Waals surface area contributed by atoms with E-state index >= 15 is 0 Å². The van der Waals surface area contributed by atoms with Crippen LogP contribution in [-0.2, 0) is 9.84 Å². The van der Waals surface area contributed by atoms with Crippen molar-refractivity contribution in [2.45, 2.75) is 12.5 Å². The molecule has 2 heterocycles. The minimum Gasteiger partial charge on any atom is -0.496 e. The lowest BCUT2D eigenvalue weighted by atomic mass is 10.1. The topological polar surface area (TPSA) is 68.1 Å². The lowest BCUT2D eigenvalue weighted by Crippen LogP contribution is -3.18. The average Bonchev–Trinajstić information content (AvgIpc) is 2.94. The Morgan fingerprint density at radius 2 is 2.04 bits per heavy atom. The highest BCUT2D eigenvalue weighted by Crippen LogP contribution is 2.24. The summed E-state index contributed by atoms with van der Waals surface area (Å²) in [6.45, 7) is 2.77. The maximum absolute atomic E-state index is 12.7. The molecule has 24 heavy (non-hydrogen) atoms. The predicted octanol–water partition coefficient (Wildman–Crippen LogP) is -0.124. The number of hydrogen-bond acceptors (Lipinski definition) is 4. The number of carbonyl (C=O) groups is 1. The number of amides is 1. The van der Waals surface area contributed by atoms with E-state index in [4.69, 9.17) is 16.3 Å². The van der Waals surface area contributed by atoms with Gasteiger partial charge in [-0.1, -0.05) is 11.6 Å². The number of carbonyl (C=O) groups excluding carboxylic acids is 1. The zero-order valence-electron chi connectivity index (χ0n) is 13.6. The molecule has 0 saturated carbocycles. The number of methoxy groups -OCH3 is 1. The van der Waals surface area contributed by atoms with Crippen LogP contribution in [0.25, 0.3) is 0 Å². The molecule has 1 amide bonds. The van der Waals surface area contributed by atoms with E-state index in [1.54, 1.807) is 23.1 Å². The number of quaternary nitrogens is 1. The summed E-state index contributed by atoms with van der Waals surface area (Å²) < 4.78 is 28.5. The van der Waals surface area contributed by atoms with Gasteiger partial charge in [0.15, 0.2) is 9.84 Å². The van der Waals surface area contributed by atoms with Crippen LogP contribution in [0.4, 0.5) is 0 Å². The van der Waals surface area contributed by atoms with Crippen LogP contribution in [0, 0.1) is 0 Å². The number of halogens is 1. The van der Waals surface area contributed by atoms with E-state index < -0.39 is 9.84 Å². The van der Waals surface area contributed by atoms with Crippen LogP contribution in [0.5, 0.6) is 5.75 Å². The first-order valence-corrected chi connectivity index (χ1v) is 10.3. The first-order valence-electron chi connectivity index (χ1n) is 8.07. The van der Waals surface area contributed by atoms with Crippen LogP contribution in [0.2, 0.25) is 5.02 Å². The number of rotatable bonds is 3. The van der Waals surface area contributed by atoms with Crippen molar-refractivity contribution in [3.05, 3.63) is 28.8 Å². The minimum absolute atomic E-state index is 0.0903. The summed E-state index contributed by atoms with van der Waals surface area (Å²) in [5.74, 6) is 0.996. The van der Waals surface area contributed by atoms with E-state index in [0.29, 0.717) is 35.2 Å². The van der Waals surface area contributed by atoms with Crippen molar-refractivity contribution < 1.29 is 22.8 Å². The summed E-state index contributed by atoms with van der Waals surface area (Å²) in [4.78, 5) is 15.8. The van der Waals surface area contributed by atoms with Crippen molar-refractivity contribution in [1.29, 1.82) is 0 Å². The van der Waals surface area contributed by atoms with Crippen molar-refractivity contribution in [1.82, 2.24) is 4.90 Å². The second-order valence-electron chi connectivity index (χ2n) is 6.40. The molecule has 2 aliphatic rings. The molecule has 2 saturated heterocycles. The zero-order chi connectivity index (χ0) is 17.3. The molecule has 2 fully saturated rings. The Hall–Kier alpha value is -1.31. The van der Waals surface area contributed by atoms with Crippen LogP contribution in [-0.4, -0.2) is 70.1 Å². The molecule has 0 aromatic heterocycles. The fourth-order valence-corrected chi connectivity index (χ4v) is 5.54. The minimum atomic E-state index is -2.86. The molecule has 8 heteroatoms. The van der Waals surface area contributed by atoms with Gasteiger partial charge in [0, 0.05) is 11.4 Å². The van der Waals surface area contributed by atoms with E-state index in [1.165, 1.54) is 12.0 Å². The fourth-order valence-electron chi connectivity index (χ4n) is 3.54. The Labute approximate surface area is 147 Å². The molecule has 0 radical (unpaired) electrons. The second kappa shape index (κ2) is 6.90. The summed E-state index contributed by atoms with van der Waals surface area (Å²) in [6, 6.07) is 5.19. The van der Waals surface area contributed by atoms with Gasteiger partial charge in [-0.15, -0.1) is 0 Å². The molecular formula is C16H22ClN2O4S+. The molecule has 0 aliphatic carbocycles. The molecule has 6 nitrogen and oxygen atoms in total. The summed E-state index contributed by atoms with van der Waals surface area (Å²) in [5, 5.41) is 0.500. The summed E-state index contributed by atoms with van der Waals surface area (Å²) in [5.41, 5.74) is 0.469. The smallest absolute Gasteiger partial charge is 0.258 e. The standard InChI is InChI=1S/C16H21ClN2O4S/c1-23-15-3-2-12(17)10-14(15)16(20)19-7-5-18(6-8-19)13-4-9-24(21,22)11-13/h2-3,10,13H,4-9,11H2,1H3/p+1/t13-/m1/s1. The van der Waals surface area contributed by atoms with Crippen LogP contribution in [0.15, 0.2) is 18.2 Å². The molecule has 2 aliphatic heterocycles. The molecule has 1 aromatic rings. The molecule has 1 N–H and O–H groups in total. The van der Waals surface area contributed by atoms with E-state index in [1.807, 2.05) is 0 Å². The highest BCUT2D eigenvalue weighted by molar-refractivity contribution is 7.91. The molecule has 1 aromatic carbocycles. The number of sulfone groups is 1. The molecule has 132 valence electrons. The number of nitrogens with one attached hydrogen (secondary N) is 1. The number of piperazine rings is 1. The summed E-state index contributed by atoms with van der Waals surface area (Å²) in [6.07, 6.45) is 0.730. The molecule has 1 atom stereocenters. The van der Waals surface area contributed by atoms with E-state index in [-0.39, 0.29) is 17.7 Å². The van der Waals surface area contributed by atoms with Gasteiger partial charge in [-0.2, -0.15) is 0 Å². The summed E-state index contributed by atoms with van der Waals surface area (Å²) >= 11 is 6.01. The monoisotopic (exact) mass is 373 g/mol. The number of nitrogens with zero attached hydrogens (tertiary/aromatic N) is 1. The number of ether oxygens (including phenoxy) is 1. The van der Waals surface area contributed by atoms with Crippen molar-refractivity contribution >= 4 is 27.3 Å². The third kappa shape index (κ3) is 3.68. The molecule has 0 spiro atoms. The normalized spacial score (nSPS) is 24.1. The Kier molecular flexibility index (Phi) is 5.03. The van der Waals surface area contributed by atoms with Gasteiger partial charge in [0.25, 0.3) is 5.91 Å². The zero-order valence-corrected chi connectivity index (χ0v) is 15.2. The second-order valence-corrected chi connectivity index (χ2v) is 9.06. The van der Waals surface area contributed by atoms with E-state index in [2.05, 4.69) is 0 Å². The van der Waals surface area contributed by atoms with Gasteiger partial charge in [0.2, 0.25) is 0 Å². The van der Waals surface area contributed by atoms with Crippen molar-refractivity contribution in [3.8, 4) is 5.75 Å². The maximum atomic E-state index is 12.7. The number of benzene rings is 1. The SMILES string of the molecule is COc1ccc(Cl)cc1C(=O)N1CC[NH+]([C@@H]2CCS(=O)(=O)C2)CC1. The Morgan fingerprint density at radius 1 is 1.33 bits per heavy atom. The average molecular weight is 374 g/mol. The van der Waals surface area contributed by atoms with Crippen LogP contribution < -0.4 is 9.64 Å². The van der Waals surface area contributed by atoms with Crippen molar-refractivity contribution in [3.63, 3.8) is 0 Å². The van der Waals surface area contributed by atoms with Gasteiger partial charge in [-0.25, -0.2) is 8.42 Å². The van der Waals surface area contributed by atoms with Crippen LogP contribution in [0.1, 0.15) is 16.8 Å².